The van der Waals surface area contributed by atoms with Crippen LogP contribution in [0.4, 0.5) is 0 Å². The molecule has 0 spiro atoms. The lowest BCUT2D eigenvalue weighted by atomic mass is 10.1. The van der Waals surface area contributed by atoms with Gasteiger partial charge in [0.2, 0.25) is 0 Å². The summed E-state index contributed by atoms with van der Waals surface area (Å²) in [7, 11) is 0. The summed E-state index contributed by atoms with van der Waals surface area (Å²) in [6, 6.07) is 4.21. The van der Waals surface area contributed by atoms with Gasteiger partial charge in [-0.3, -0.25) is 0 Å². The summed E-state index contributed by atoms with van der Waals surface area (Å²) in [5.41, 5.74) is 3.61. The minimum absolute atomic E-state index is 0.375. The molecule has 0 unspecified atom stereocenters. The fraction of sp³-hybridized carbons (Fsp3) is 0.647. The maximum atomic E-state index is 10.1. The highest BCUT2D eigenvalue weighted by Crippen LogP contribution is 2.23. The van der Waals surface area contributed by atoms with Gasteiger partial charge >= 0.3 is 0 Å². The molecule has 1 fully saturated rings. The van der Waals surface area contributed by atoms with E-state index in [0.29, 0.717) is 6.61 Å². The molecule has 1 aromatic rings. The predicted octanol–water partition coefficient (Wildman–Crippen LogP) is 2.84. The van der Waals surface area contributed by atoms with Crippen molar-refractivity contribution in [3.8, 4) is 5.75 Å². The second-order valence-corrected chi connectivity index (χ2v) is 6.03. The molecule has 1 saturated heterocycles. The first-order valence-corrected chi connectivity index (χ1v) is 7.67. The van der Waals surface area contributed by atoms with E-state index in [2.05, 4.69) is 37.8 Å². The van der Waals surface area contributed by atoms with E-state index in [1.165, 1.54) is 36.0 Å². The smallest absolute Gasteiger partial charge is 0.122 e. The lowest BCUT2D eigenvalue weighted by molar-refractivity contribution is 0.0615. The van der Waals surface area contributed by atoms with Gasteiger partial charge in [-0.1, -0.05) is 12.5 Å². The van der Waals surface area contributed by atoms with Crippen LogP contribution in [-0.2, 0) is 0 Å². The summed E-state index contributed by atoms with van der Waals surface area (Å²) in [6.07, 6.45) is 3.42. The number of rotatable bonds is 5. The number of aliphatic hydroxyl groups excluding tert-OH is 1. The van der Waals surface area contributed by atoms with E-state index in [1.807, 2.05) is 0 Å². The molecule has 2 rings (SSSR count). The molecule has 3 nitrogen and oxygen atoms in total. The summed E-state index contributed by atoms with van der Waals surface area (Å²) >= 11 is 0. The fourth-order valence-electron chi connectivity index (χ4n) is 2.83. The van der Waals surface area contributed by atoms with Crippen LogP contribution in [0.25, 0.3) is 0 Å². The minimum Gasteiger partial charge on any atom is -0.491 e. The van der Waals surface area contributed by atoms with Gasteiger partial charge in [-0.05, 0) is 69.5 Å². The lowest BCUT2D eigenvalue weighted by Crippen LogP contribution is -2.38. The van der Waals surface area contributed by atoms with Crippen molar-refractivity contribution in [1.29, 1.82) is 0 Å². The fourth-order valence-corrected chi connectivity index (χ4v) is 2.83. The zero-order chi connectivity index (χ0) is 14.5. The SMILES string of the molecule is Cc1cc(C)c(C)c(OC[C@@H](O)CN2CCCCC2)c1. The topological polar surface area (TPSA) is 32.7 Å². The van der Waals surface area contributed by atoms with Crippen molar-refractivity contribution < 1.29 is 9.84 Å². The van der Waals surface area contributed by atoms with Crippen molar-refractivity contribution in [2.45, 2.75) is 46.1 Å². The van der Waals surface area contributed by atoms with Gasteiger partial charge in [0.05, 0.1) is 0 Å². The van der Waals surface area contributed by atoms with Gasteiger partial charge in [0.25, 0.3) is 0 Å². The first kappa shape index (κ1) is 15.3. The van der Waals surface area contributed by atoms with E-state index in [-0.39, 0.29) is 0 Å². The van der Waals surface area contributed by atoms with Gasteiger partial charge in [-0.25, -0.2) is 0 Å². The number of ether oxygens (including phenoxy) is 1. The number of likely N-dealkylation sites (tertiary alicyclic amines) is 1. The molecule has 0 saturated carbocycles. The molecule has 0 aliphatic carbocycles. The minimum atomic E-state index is -0.409. The molecule has 0 aromatic heterocycles. The number of aliphatic hydroxyl groups is 1. The predicted molar refractivity (Wildman–Crippen MR) is 82.4 cm³/mol. The number of β-amino-alcohol motifs (C(OH)–C–C–N with tert-alkyl or cyclic N) is 1. The molecule has 1 aromatic carbocycles. The Hall–Kier alpha value is -1.06. The van der Waals surface area contributed by atoms with Crippen molar-refractivity contribution in [2.75, 3.05) is 26.2 Å². The van der Waals surface area contributed by atoms with Crippen LogP contribution in [0.15, 0.2) is 12.1 Å². The van der Waals surface area contributed by atoms with Crippen molar-refractivity contribution >= 4 is 0 Å². The Labute approximate surface area is 122 Å². The Kier molecular flexibility index (Phi) is 5.44. The third-order valence-corrected chi connectivity index (χ3v) is 4.11. The molecule has 112 valence electrons. The van der Waals surface area contributed by atoms with Gasteiger partial charge in [-0.2, -0.15) is 0 Å². The van der Waals surface area contributed by atoms with E-state index in [9.17, 15) is 5.11 Å². The van der Waals surface area contributed by atoms with Gasteiger partial charge in [0.15, 0.2) is 0 Å². The largest absolute Gasteiger partial charge is 0.491 e. The molecular weight excluding hydrogens is 250 g/mol. The van der Waals surface area contributed by atoms with E-state index in [0.717, 1.165) is 25.4 Å². The number of benzene rings is 1. The number of aryl methyl sites for hydroxylation is 2. The maximum absolute atomic E-state index is 10.1. The van der Waals surface area contributed by atoms with E-state index in [4.69, 9.17) is 4.74 Å². The average Bonchev–Trinajstić information content (AvgIpc) is 2.42. The molecule has 1 heterocycles. The van der Waals surface area contributed by atoms with E-state index in [1.54, 1.807) is 0 Å². The Morgan fingerprint density at radius 1 is 1.15 bits per heavy atom. The monoisotopic (exact) mass is 277 g/mol. The maximum Gasteiger partial charge on any atom is 0.122 e. The van der Waals surface area contributed by atoms with Crippen LogP contribution in [-0.4, -0.2) is 42.4 Å². The van der Waals surface area contributed by atoms with Crippen LogP contribution < -0.4 is 4.74 Å². The van der Waals surface area contributed by atoms with Crippen molar-refractivity contribution in [2.24, 2.45) is 0 Å². The molecular formula is C17H27NO2. The van der Waals surface area contributed by atoms with Gasteiger partial charge in [0.1, 0.15) is 18.5 Å². The van der Waals surface area contributed by atoms with Crippen molar-refractivity contribution in [1.82, 2.24) is 4.90 Å². The summed E-state index contributed by atoms with van der Waals surface area (Å²) in [5, 5.41) is 10.1. The van der Waals surface area contributed by atoms with Crippen LogP contribution in [0, 0.1) is 20.8 Å². The van der Waals surface area contributed by atoms with Crippen LogP contribution in [0.2, 0.25) is 0 Å². The highest BCUT2D eigenvalue weighted by Gasteiger charge is 2.15. The molecule has 1 N–H and O–H groups in total. The standard InChI is InChI=1S/C17H27NO2/c1-13-9-14(2)15(3)17(10-13)20-12-16(19)11-18-7-5-4-6-8-18/h9-10,16,19H,4-8,11-12H2,1-3H3/t16-/m0/s1. The quantitative estimate of drug-likeness (QED) is 0.898. The molecule has 1 atom stereocenters. The summed E-state index contributed by atoms with van der Waals surface area (Å²) in [5.74, 6) is 0.903. The number of nitrogens with zero attached hydrogens (tertiary/aromatic N) is 1. The van der Waals surface area contributed by atoms with Gasteiger partial charge in [-0.15, -0.1) is 0 Å². The zero-order valence-corrected chi connectivity index (χ0v) is 13.0. The van der Waals surface area contributed by atoms with Crippen LogP contribution in [0.3, 0.4) is 0 Å². The zero-order valence-electron chi connectivity index (χ0n) is 13.0. The molecule has 0 bridgehead atoms. The second-order valence-electron chi connectivity index (χ2n) is 6.03. The Morgan fingerprint density at radius 2 is 1.85 bits per heavy atom. The Balaban J connectivity index is 1.85. The molecule has 20 heavy (non-hydrogen) atoms. The lowest BCUT2D eigenvalue weighted by Gasteiger charge is -2.28. The van der Waals surface area contributed by atoms with Crippen LogP contribution in [0.5, 0.6) is 5.75 Å². The van der Waals surface area contributed by atoms with E-state index >= 15 is 0 Å². The highest BCUT2D eigenvalue weighted by molar-refractivity contribution is 5.41. The van der Waals surface area contributed by atoms with E-state index < -0.39 is 6.10 Å². The van der Waals surface area contributed by atoms with Gasteiger partial charge < -0.3 is 14.7 Å². The Bertz CT molecular complexity index is 439. The normalized spacial score (nSPS) is 18.0. The third kappa shape index (κ3) is 4.22. The first-order valence-electron chi connectivity index (χ1n) is 7.67. The number of piperidine rings is 1. The number of hydrogen-bond acceptors (Lipinski definition) is 3. The molecule has 1 aliphatic rings. The van der Waals surface area contributed by atoms with Crippen molar-refractivity contribution in [3.05, 3.63) is 28.8 Å². The molecule has 3 heteroatoms. The summed E-state index contributed by atoms with van der Waals surface area (Å²) in [6.45, 7) is 9.56. The summed E-state index contributed by atoms with van der Waals surface area (Å²) < 4.78 is 5.83. The second kappa shape index (κ2) is 7.09. The van der Waals surface area contributed by atoms with Crippen LogP contribution >= 0.6 is 0 Å². The highest BCUT2D eigenvalue weighted by atomic mass is 16.5. The third-order valence-electron chi connectivity index (χ3n) is 4.11. The summed E-state index contributed by atoms with van der Waals surface area (Å²) in [4.78, 5) is 2.34. The van der Waals surface area contributed by atoms with Crippen molar-refractivity contribution in [3.63, 3.8) is 0 Å². The van der Waals surface area contributed by atoms with Crippen LogP contribution in [0.1, 0.15) is 36.0 Å². The molecule has 0 amide bonds. The average molecular weight is 277 g/mol. The molecule has 0 radical (unpaired) electrons. The first-order chi connectivity index (χ1) is 9.56. The Morgan fingerprint density at radius 3 is 2.55 bits per heavy atom. The van der Waals surface area contributed by atoms with Gasteiger partial charge in [0, 0.05) is 6.54 Å². The number of hydrogen-bond donors (Lipinski definition) is 1. The molecule has 1 aliphatic heterocycles.